The number of carboxylic acid groups (broad SMARTS) is 2. The second-order valence-electron chi connectivity index (χ2n) is 18.2. The molecule has 1 aliphatic heterocycles. The van der Waals surface area contributed by atoms with Crippen LogP contribution < -0.4 is 60.2 Å². The molecule has 27 heteroatoms. The number of amides is 7. The van der Waals surface area contributed by atoms with E-state index in [1.807, 2.05) is 12.3 Å². The van der Waals surface area contributed by atoms with Crippen LogP contribution in [-0.2, 0) is 56.0 Å². The lowest BCUT2D eigenvalue weighted by molar-refractivity contribution is -0.142. The van der Waals surface area contributed by atoms with E-state index in [4.69, 9.17) is 22.9 Å². The van der Waals surface area contributed by atoms with Crippen molar-refractivity contribution in [2.24, 2.45) is 37.9 Å². The number of benzene rings is 2. The smallest absolute Gasteiger partial charge is 0.326 e. The van der Waals surface area contributed by atoms with Gasteiger partial charge in [-0.2, -0.15) is 11.8 Å². The van der Waals surface area contributed by atoms with E-state index in [0.29, 0.717) is 36.3 Å². The molecule has 0 bridgehead atoms. The summed E-state index contributed by atoms with van der Waals surface area (Å²) in [7, 11) is 0. The van der Waals surface area contributed by atoms with Gasteiger partial charge in [0, 0.05) is 55.5 Å². The number of nitrogens with two attached hydrogens (primary N) is 4. The van der Waals surface area contributed by atoms with Gasteiger partial charge in [-0.15, -0.1) is 0 Å². The van der Waals surface area contributed by atoms with E-state index in [1.54, 1.807) is 54.7 Å². The van der Waals surface area contributed by atoms with E-state index in [-0.39, 0.29) is 63.9 Å². The van der Waals surface area contributed by atoms with Crippen molar-refractivity contribution in [3.63, 3.8) is 0 Å². The number of carbonyl (C=O) groups excluding carboxylic acids is 7. The SMILES string of the molecule is CSCC[C@H](N)C(=O)N[C@@H](CCC(=O)O)C(=O)N[C@@H](CC1C=NC=N1)C(=O)N[C@@H](Cc1ccccc1)C(=O)N[C@@H](CCCN=C(N)N)C(=O)N[C@@H](Cc1c[nH]c2ccccc12)C(=O)NCC(=O)N[C@@H](CCCCN)C(=O)O. The number of aliphatic carboxylic acids is 2. The Morgan fingerprint density at radius 1 is 0.701 bits per heavy atom. The number of carbonyl (C=O) groups is 9. The molecule has 1 aromatic heterocycles. The number of rotatable bonds is 35. The number of aromatic nitrogens is 1. The summed E-state index contributed by atoms with van der Waals surface area (Å²) in [6, 6.07) is 5.68. The van der Waals surface area contributed by atoms with Gasteiger partial charge < -0.3 is 75.3 Å². The second kappa shape index (κ2) is 32.5. The quantitative estimate of drug-likeness (QED) is 0.0173. The summed E-state index contributed by atoms with van der Waals surface area (Å²) >= 11 is 1.45. The van der Waals surface area contributed by atoms with Crippen LogP contribution in [0.15, 0.2) is 75.8 Å². The summed E-state index contributed by atoms with van der Waals surface area (Å²) in [4.78, 5) is 137. The molecule has 18 N–H and O–H groups in total. The van der Waals surface area contributed by atoms with Crippen molar-refractivity contribution in [1.29, 1.82) is 0 Å². The van der Waals surface area contributed by atoms with Gasteiger partial charge in [-0.3, -0.25) is 48.3 Å². The first kappa shape index (κ1) is 61.6. The number of para-hydroxylation sites is 1. The molecule has 26 nitrogen and oxygen atoms in total. The van der Waals surface area contributed by atoms with Crippen LogP contribution in [0.3, 0.4) is 0 Å². The molecular formula is C50H71N15O11S. The molecule has 2 aromatic carbocycles. The number of fused-ring (bicyclic) bond motifs is 1. The van der Waals surface area contributed by atoms with E-state index >= 15 is 0 Å². The van der Waals surface area contributed by atoms with E-state index < -0.39 is 115 Å². The molecule has 77 heavy (non-hydrogen) atoms. The topological polar surface area (TPSA) is 435 Å². The number of H-pyrrole nitrogens is 1. The van der Waals surface area contributed by atoms with Crippen LogP contribution in [0.2, 0.25) is 0 Å². The molecule has 7 amide bonds. The number of nitrogens with one attached hydrogen (secondary N) is 8. The van der Waals surface area contributed by atoms with Gasteiger partial charge in [-0.05, 0) is 80.7 Å². The molecular weight excluding hydrogens is 1020 g/mol. The summed E-state index contributed by atoms with van der Waals surface area (Å²) in [5.74, 6) is -8.05. The monoisotopic (exact) mass is 1090 g/mol. The van der Waals surface area contributed by atoms with Gasteiger partial charge in [-0.1, -0.05) is 48.5 Å². The second-order valence-corrected chi connectivity index (χ2v) is 19.1. The number of carboxylic acids is 2. The summed E-state index contributed by atoms with van der Waals surface area (Å²) < 4.78 is 0. The van der Waals surface area contributed by atoms with Crippen LogP contribution in [0.5, 0.6) is 0 Å². The normalized spacial score (nSPS) is 15.3. The third kappa shape index (κ3) is 21.7. The Bertz CT molecular complexity index is 2560. The first-order valence-corrected chi connectivity index (χ1v) is 26.5. The van der Waals surface area contributed by atoms with E-state index in [0.717, 1.165) is 10.9 Å². The zero-order valence-corrected chi connectivity index (χ0v) is 43.6. The number of guanidine groups is 1. The van der Waals surface area contributed by atoms with Gasteiger partial charge >= 0.3 is 11.9 Å². The molecule has 1 aliphatic rings. The average Bonchev–Trinajstić information content (AvgIpc) is 4.08. The zero-order chi connectivity index (χ0) is 56.3. The minimum absolute atomic E-state index is 0.0239. The molecule has 0 spiro atoms. The maximum Gasteiger partial charge on any atom is 0.326 e. The molecule has 0 aliphatic carbocycles. The molecule has 0 fully saturated rings. The molecule has 8 atom stereocenters. The van der Waals surface area contributed by atoms with Crippen LogP contribution in [0, 0.1) is 0 Å². The first-order valence-electron chi connectivity index (χ1n) is 25.1. The molecule has 1 unspecified atom stereocenters. The van der Waals surface area contributed by atoms with Crippen molar-refractivity contribution in [2.75, 3.05) is 31.6 Å². The largest absolute Gasteiger partial charge is 0.481 e. The fourth-order valence-corrected chi connectivity index (χ4v) is 8.51. The van der Waals surface area contributed by atoms with Crippen LogP contribution in [0.25, 0.3) is 10.9 Å². The summed E-state index contributed by atoms with van der Waals surface area (Å²) in [5.41, 5.74) is 24.7. The van der Waals surface area contributed by atoms with Crippen molar-refractivity contribution >= 4 is 94.5 Å². The fraction of sp³-hybridized carbons (Fsp3) is 0.480. The average molecular weight is 1090 g/mol. The number of hydrogen-bond acceptors (Lipinski definition) is 15. The van der Waals surface area contributed by atoms with Crippen molar-refractivity contribution < 1.29 is 53.4 Å². The minimum atomic E-state index is -1.45. The van der Waals surface area contributed by atoms with E-state index in [2.05, 4.69) is 57.2 Å². The maximum absolute atomic E-state index is 14.7. The molecule has 4 rings (SSSR count). The van der Waals surface area contributed by atoms with Crippen LogP contribution in [-0.4, -0.2) is 167 Å². The highest BCUT2D eigenvalue weighted by Crippen LogP contribution is 2.20. The van der Waals surface area contributed by atoms with Gasteiger partial charge in [0.1, 0.15) is 42.6 Å². The summed E-state index contributed by atoms with van der Waals surface area (Å²) in [5, 5.41) is 38.1. The molecule has 418 valence electrons. The summed E-state index contributed by atoms with van der Waals surface area (Å²) in [6.45, 7) is -0.291. The van der Waals surface area contributed by atoms with Crippen molar-refractivity contribution in [3.05, 3.63) is 71.9 Å². The van der Waals surface area contributed by atoms with Gasteiger partial charge in [-0.25, -0.2) is 9.79 Å². The Hall–Kier alpha value is -7.91. The first-order chi connectivity index (χ1) is 36.9. The molecule has 0 saturated heterocycles. The lowest BCUT2D eigenvalue weighted by Crippen LogP contribution is -2.60. The van der Waals surface area contributed by atoms with Crippen molar-refractivity contribution in [3.8, 4) is 0 Å². The number of aliphatic imine (C=N–C) groups is 3. The molecule has 2 heterocycles. The number of hydrogen-bond donors (Lipinski definition) is 14. The van der Waals surface area contributed by atoms with Gasteiger partial charge in [0.15, 0.2) is 5.96 Å². The van der Waals surface area contributed by atoms with Gasteiger partial charge in [0.25, 0.3) is 0 Å². The van der Waals surface area contributed by atoms with Crippen LogP contribution in [0.4, 0.5) is 0 Å². The highest BCUT2D eigenvalue weighted by atomic mass is 32.2. The lowest BCUT2D eigenvalue weighted by Gasteiger charge is -2.28. The maximum atomic E-state index is 14.7. The third-order valence-corrected chi connectivity index (χ3v) is 12.8. The number of nitrogens with zero attached hydrogens (tertiary/aromatic N) is 3. The standard InChI is InChI=1S/C50H71N15O11S/c1-77-21-18-33(52)43(69)61-36(16-17-42(67)68)46(72)65-40(24-31-26-55-28-59-31)48(74)63-38(22-29-10-3-2-4-11-29)47(73)62-35(15-9-20-56-50(53)54)45(71)64-39(23-30-25-57-34-13-6-5-12-32(30)34)44(70)58-27-41(66)60-37(49(75)76)14-7-8-19-51/h2-6,10-13,25-26,28,31,33,35-40,57H,7-9,14-24,27,51-52H2,1H3,(H,58,70)(H,60,66)(H,61,69)(H,62,73)(H,63,74)(H,64,71)(H,65,72)(H,67,68)(H,75,76)(H4,53,54,56)/t31?,33-,35-,36-,37-,38-,39-,40-/m0/s1. The van der Waals surface area contributed by atoms with Gasteiger partial charge in [0.2, 0.25) is 41.4 Å². The Morgan fingerprint density at radius 3 is 1.96 bits per heavy atom. The molecule has 3 aromatic rings. The predicted octanol–water partition coefficient (Wildman–Crippen LogP) is -1.94. The molecule has 0 radical (unpaired) electrons. The van der Waals surface area contributed by atoms with Crippen LogP contribution in [0.1, 0.15) is 68.9 Å². The number of unbranched alkanes of at least 4 members (excludes halogenated alkanes) is 1. The fourth-order valence-electron chi connectivity index (χ4n) is 8.02. The Morgan fingerprint density at radius 2 is 1.31 bits per heavy atom. The lowest BCUT2D eigenvalue weighted by atomic mass is 10.0. The Kier molecular flexibility index (Phi) is 26.0. The number of aromatic amines is 1. The molecule has 0 saturated carbocycles. The Balaban J connectivity index is 1.64. The van der Waals surface area contributed by atoms with Crippen molar-refractivity contribution in [1.82, 2.24) is 42.2 Å². The third-order valence-electron chi connectivity index (χ3n) is 12.2. The van der Waals surface area contributed by atoms with Gasteiger partial charge in [0.05, 0.1) is 18.6 Å². The highest BCUT2D eigenvalue weighted by Gasteiger charge is 2.35. The zero-order valence-electron chi connectivity index (χ0n) is 42.8. The predicted molar refractivity (Wildman–Crippen MR) is 290 cm³/mol. The summed E-state index contributed by atoms with van der Waals surface area (Å²) in [6.07, 6.45) is 6.22. The van der Waals surface area contributed by atoms with E-state index in [1.165, 1.54) is 24.3 Å². The van der Waals surface area contributed by atoms with E-state index in [9.17, 15) is 53.4 Å². The number of thioether (sulfide) groups is 1. The highest BCUT2D eigenvalue weighted by molar-refractivity contribution is 7.98. The Labute approximate surface area is 449 Å². The minimum Gasteiger partial charge on any atom is -0.481 e. The van der Waals surface area contributed by atoms with Crippen molar-refractivity contribution in [2.45, 2.75) is 119 Å². The van der Waals surface area contributed by atoms with Crippen LogP contribution >= 0.6 is 11.8 Å².